The molecule has 1 fully saturated rings. The molecule has 1 aliphatic heterocycles. The number of thiazole rings is 1. The Kier molecular flexibility index (Phi) is 4.73. The molecule has 0 radical (unpaired) electrons. The Hall–Kier alpha value is -2.64. The highest BCUT2D eigenvalue weighted by Crippen LogP contribution is 2.28. The van der Waals surface area contributed by atoms with E-state index in [2.05, 4.69) is 20.5 Å². The first-order valence-electron chi connectivity index (χ1n) is 8.58. The predicted octanol–water partition coefficient (Wildman–Crippen LogP) is 3.37. The predicted molar refractivity (Wildman–Crippen MR) is 104 cm³/mol. The van der Waals surface area contributed by atoms with E-state index in [-0.39, 0.29) is 5.91 Å². The van der Waals surface area contributed by atoms with Gasteiger partial charge in [-0.2, -0.15) is 0 Å². The van der Waals surface area contributed by atoms with Crippen LogP contribution in [0, 0.1) is 6.92 Å². The number of carbonyl (C=O) groups is 1. The molecule has 1 aliphatic rings. The monoisotopic (exact) mass is 368 g/mol. The second kappa shape index (κ2) is 7.31. The molecule has 0 atom stereocenters. The molecule has 0 unspecified atom stereocenters. The van der Waals surface area contributed by atoms with Crippen LogP contribution < -0.4 is 15.5 Å². The van der Waals surface area contributed by atoms with Crippen LogP contribution in [-0.4, -0.2) is 37.1 Å². The van der Waals surface area contributed by atoms with Crippen LogP contribution in [0.4, 0.5) is 10.8 Å². The molecule has 1 saturated heterocycles. The highest BCUT2D eigenvalue weighted by atomic mass is 32.1. The van der Waals surface area contributed by atoms with Crippen molar-refractivity contribution in [1.29, 1.82) is 0 Å². The van der Waals surface area contributed by atoms with Crippen LogP contribution in [0.25, 0.3) is 11.3 Å². The van der Waals surface area contributed by atoms with Gasteiger partial charge in [0.15, 0.2) is 5.13 Å². The van der Waals surface area contributed by atoms with Gasteiger partial charge in [0, 0.05) is 37.4 Å². The van der Waals surface area contributed by atoms with Gasteiger partial charge >= 0.3 is 0 Å². The average molecular weight is 368 g/mol. The summed E-state index contributed by atoms with van der Waals surface area (Å²) in [5.41, 5.74) is 2.71. The van der Waals surface area contributed by atoms with Crippen LogP contribution >= 0.6 is 11.3 Å². The molecule has 0 aliphatic carbocycles. The number of nitrogens with one attached hydrogen (secondary N) is 2. The Morgan fingerprint density at radius 3 is 2.92 bits per heavy atom. The van der Waals surface area contributed by atoms with Crippen molar-refractivity contribution in [2.75, 3.05) is 36.4 Å². The normalized spacial score (nSPS) is 14.4. The van der Waals surface area contributed by atoms with E-state index in [0.29, 0.717) is 4.88 Å². The average Bonchev–Trinajstić information content (AvgIpc) is 3.36. The molecular weight excluding hydrogens is 348 g/mol. The number of rotatable bonds is 4. The van der Waals surface area contributed by atoms with Gasteiger partial charge in [-0.05, 0) is 30.7 Å². The standard InChI is InChI=1S/C19H20N4O2S/c1-13-4-5-14(16-3-2-10-25-16)11-15(13)22-18(24)17-12-21-19(26-17)23-8-6-20-7-9-23/h2-5,10-12,20H,6-9H2,1H3,(H,22,24). The smallest absolute Gasteiger partial charge is 0.267 e. The number of hydrogen-bond donors (Lipinski definition) is 2. The molecule has 134 valence electrons. The summed E-state index contributed by atoms with van der Waals surface area (Å²) in [6.07, 6.45) is 3.30. The fraction of sp³-hybridized carbons (Fsp3) is 0.263. The minimum Gasteiger partial charge on any atom is -0.464 e. The first-order valence-corrected chi connectivity index (χ1v) is 9.40. The number of benzene rings is 1. The number of aromatic nitrogens is 1. The van der Waals surface area contributed by atoms with Crippen LogP contribution in [0.15, 0.2) is 47.2 Å². The summed E-state index contributed by atoms with van der Waals surface area (Å²) in [5, 5.41) is 7.22. The highest BCUT2D eigenvalue weighted by Gasteiger charge is 2.17. The van der Waals surface area contributed by atoms with Gasteiger partial charge in [-0.3, -0.25) is 4.79 Å². The van der Waals surface area contributed by atoms with Gasteiger partial charge < -0.3 is 20.0 Å². The van der Waals surface area contributed by atoms with Crippen molar-refractivity contribution in [1.82, 2.24) is 10.3 Å². The fourth-order valence-electron chi connectivity index (χ4n) is 2.91. The number of carbonyl (C=O) groups excluding carboxylic acids is 1. The van der Waals surface area contributed by atoms with Crippen LogP contribution in [0.2, 0.25) is 0 Å². The van der Waals surface area contributed by atoms with Crippen molar-refractivity contribution in [2.45, 2.75) is 6.92 Å². The molecule has 3 aromatic rings. The van der Waals surface area contributed by atoms with E-state index in [4.69, 9.17) is 4.42 Å². The van der Waals surface area contributed by atoms with Gasteiger partial charge in [0.05, 0.1) is 12.5 Å². The topological polar surface area (TPSA) is 70.4 Å². The summed E-state index contributed by atoms with van der Waals surface area (Å²) in [4.78, 5) is 19.9. The molecule has 2 N–H and O–H groups in total. The molecule has 1 aromatic carbocycles. The number of furan rings is 1. The number of amides is 1. The van der Waals surface area contributed by atoms with E-state index in [9.17, 15) is 4.79 Å². The zero-order valence-electron chi connectivity index (χ0n) is 14.5. The Morgan fingerprint density at radius 2 is 2.15 bits per heavy atom. The summed E-state index contributed by atoms with van der Waals surface area (Å²) in [6.45, 7) is 5.69. The summed E-state index contributed by atoms with van der Waals surface area (Å²) in [7, 11) is 0. The van der Waals surface area contributed by atoms with Gasteiger partial charge in [-0.25, -0.2) is 4.98 Å². The van der Waals surface area contributed by atoms with Crippen LogP contribution in [0.1, 0.15) is 15.2 Å². The van der Waals surface area contributed by atoms with Crippen molar-refractivity contribution < 1.29 is 9.21 Å². The van der Waals surface area contributed by atoms with Crippen LogP contribution in [0.5, 0.6) is 0 Å². The third-order valence-electron chi connectivity index (χ3n) is 4.40. The van der Waals surface area contributed by atoms with Crippen molar-refractivity contribution in [3.8, 4) is 11.3 Å². The lowest BCUT2D eigenvalue weighted by atomic mass is 10.1. The molecule has 0 bridgehead atoms. The molecule has 4 rings (SSSR count). The first kappa shape index (κ1) is 16.8. The zero-order valence-corrected chi connectivity index (χ0v) is 15.3. The maximum atomic E-state index is 12.7. The minimum atomic E-state index is -0.136. The number of piperazine rings is 1. The molecule has 2 aromatic heterocycles. The summed E-state index contributed by atoms with van der Waals surface area (Å²) < 4.78 is 5.44. The number of anilines is 2. The Bertz CT molecular complexity index is 898. The lowest BCUT2D eigenvalue weighted by Gasteiger charge is -2.26. The van der Waals surface area contributed by atoms with E-state index < -0.39 is 0 Å². The van der Waals surface area contributed by atoms with Crippen molar-refractivity contribution in [3.05, 3.63) is 53.2 Å². The Morgan fingerprint density at radius 1 is 1.31 bits per heavy atom. The fourth-order valence-corrected chi connectivity index (χ4v) is 3.77. The van der Waals surface area contributed by atoms with Gasteiger partial charge in [0.25, 0.3) is 5.91 Å². The molecule has 0 saturated carbocycles. The second-order valence-electron chi connectivity index (χ2n) is 6.21. The molecule has 1 amide bonds. The molecule has 7 heteroatoms. The van der Waals surface area contributed by atoms with Crippen molar-refractivity contribution >= 4 is 28.1 Å². The van der Waals surface area contributed by atoms with E-state index in [0.717, 1.165) is 53.9 Å². The highest BCUT2D eigenvalue weighted by molar-refractivity contribution is 7.17. The number of hydrogen-bond acceptors (Lipinski definition) is 6. The van der Waals surface area contributed by atoms with Crippen LogP contribution in [0.3, 0.4) is 0 Å². The SMILES string of the molecule is Cc1ccc(-c2ccco2)cc1NC(=O)c1cnc(N2CCNCC2)s1. The summed E-state index contributed by atoms with van der Waals surface area (Å²) in [5.74, 6) is 0.642. The Labute approximate surface area is 155 Å². The third kappa shape index (κ3) is 3.49. The third-order valence-corrected chi connectivity index (χ3v) is 5.45. The molecule has 3 heterocycles. The summed E-state index contributed by atoms with van der Waals surface area (Å²) in [6, 6.07) is 9.65. The van der Waals surface area contributed by atoms with E-state index >= 15 is 0 Å². The second-order valence-corrected chi connectivity index (χ2v) is 7.21. The van der Waals surface area contributed by atoms with Gasteiger partial charge in [-0.1, -0.05) is 23.5 Å². The maximum absolute atomic E-state index is 12.7. The molecule has 6 nitrogen and oxygen atoms in total. The lowest BCUT2D eigenvalue weighted by Crippen LogP contribution is -2.43. The van der Waals surface area contributed by atoms with E-state index in [1.165, 1.54) is 11.3 Å². The quantitative estimate of drug-likeness (QED) is 0.739. The summed E-state index contributed by atoms with van der Waals surface area (Å²) >= 11 is 1.43. The van der Waals surface area contributed by atoms with Gasteiger partial charge in [-0.15, -0.1) is 0 Å². The zero-order chi connectivity index (χ0) is 17.9. The van der Waals surface area contributed by atoms with Gasteiger partial charge in [0.2, 0.25) is 0 Å². The number of aryl methyl sites for hydroxylation is 1. The molecular formula is C19H20N4O2S. The Balaban J connectivity index is 1.51. The minimum absolute atomic E-state index is 0.136. The van der Waals surface area contributed by atoms with Crippen molar-refractivity contribution in [2.24, 2.45) is 0 Å². The molecule has 26 heavy (non-hydrogen) atoms. The van der Waals surface area contributed by atoms with Crippen LogP contribution in [-0.2, 0) is 0 Å². The largest absolute Gasteiger partial charge is 0.464 e. The van der Waals surface area contributed by atoms with Crippen molar-refractivity contribution in [3.63, 3.8) is 0 Å². The number of nitrogens with zero attached hydrogens (tertiary/aromatic N) is 2. The van der Waals surface area contributed by atoms with E-state index in [1.54, 1.807) is 12.5 Å². The maximum Gasteiger partial charge on any atom is 0.267 e. The lowest BCUT2D eigenvalue weighted by molar-refractivity contribution is 0.103. The van der Waals surface area contributed by atoms with E-state index in [1.807, 2.05) is 37.3 Å². The first-order chi connectivity index (χ1) is 12.7. The van der Waals surface area contributed by atoms with Gasteiger partial charge in [0.1, 0.15) is 10.6 Å². The molecule has 0 spiro atoms.